The van der Waals surface area contributed by atoms with E-state index in [-0.39, 0.29) is 55.1 Å². The van der Waals surface area contributed by atoms with E-state index in [4.69, 9.17) is 5.73 Å². The number of pyridine rings is 1. The molecule has 0 spiro atoms. The van der Waals surface area contributed by atoms with Gasteiger partial charge in [-0.25, -0.2) is 0 Å². The molecule has 2 aromatic rings. The van der Waals surface area contributed by atoms with Crippen molar-refractivity contribution in [1.82, 2.24) is 15.2 Å². The molecule has 2 amide bonds. The fraction of sp³-hybridized carbons (Fsp3) is 0.278. The van der Waals surface area contributed by atoms with Crippen LogP contribution in [-0.2, 0) is 4.79 Å². The Kier molecular flexibility index (Phi) is 8.51. The summed E-state index contributed by atoms with van der Waals surface area (Å²) in [6, 6.07) is 14.9. The predicted molar refractivity (Wildman–Crippen MR) is 105 cm³/mol. The van der Waals surface area contributed by atoms with Gasteiger partial charge < -0.3 is 16.0 Å². The normalized spacial score (nSPS) is 18.4. The molecule has 1 aliphatic heterocycles. The van der Waals surface area contributed by atoms with Gasteiger partial charge in [0.25, 0.3) is 5.91 Å². The van der Waals surface area contributed by atoms with Crippen molar-refractivity contribution in [3.63, 3.8) is 0 Å². The number of likely N-dealkylation sites (tertiary alicyclic amines) is 1. The first-order chi connectivity index (χ1) is 11.6. The molecule has 0 aliphatic carbocycles. The van der Waals surface area contributed by atoms with Gasteiger partial charge in [-0.2, -0.15) is 0 Å². The molecule has 26 heavy (non-hydrogen) atoms. The first-order valence-electron chi connectivity index (χ1n) is 7.92. The van der Waals surface area contributed by atoms with E-state index in [0.29, 0.717) is 18.8 Å². The SMILES string of the molecule is Cl.Cl.N[C@@H]1CN(C(=O)CNC(=O)c2ccccn2)C[C@H]1c1ccccc1. The zero-order chi connectivity index (χ0) is 16.9. The van der Waals surface area contributed by atoms with Gasteiger partial charge in [-0.3, -0.25) is 14.6 Å². The molecule has 3 N–H and O–H groups in total. The number of nitrogens with zero attached hydrogens (tertiary/aromatic N) is 2. The first-order valence-corrected chi connectivity index (χ1v) is 7.92. The number of amides is 2. The Morgan fingerprint density at radius 3 is 2.42 bits per heavy atom. The maximum Gasteiger partial charge on any atom is 0.270 e. The predicted octanol–water partition coefficient (Wildman–Crippen LogP) is 1.61. The summed E-state index contributed by atoms with van der Waals surface area (Å²) in [7, 11) is 0. The number of aromatic nitrogens is 1. The third kappa shape index (κ3) is 5.17. The second-order valence-electron chi connectivity index (χ2n) is 5.88. The Hall–Kier alpha value is -2.15. The Labute approximate surface area is 165 Å². The van der Waals surface area contributed by atoms with Crippen molar-refractivity contribution in [3.05, 3.63) is 66.0 Å². The second kappa shape index (κ2) is 10.1. The van der Waals surface area contributed by atoms with Gasteiger partial charge in [0.15, 0.2) is 0 Å². The van der Waals surface area contributed by atoms with Crippen molar-refractivity contribution >= 4 is 36.6 Å². The van der Waals surface area contributed by atoms with Crippen molar-refractivity contribution in [2.45, 2.75) is 12.0 Å². The minimum absolute atomic E-state index is 0. The van der Waals surface area contributed by atoms with Gasteiger partial charge in [-0.15, -0.1) is 24.8 Å². The average molecular weight is 397 g/mol. The Morgan fingerprint density at radius 1 is 1.08 bits per heavy atom. The zero-order valence-corrected chi connectivity index (χ0v) is 15.7. The number of nitrogens with one attached hydrogen (secondary N) is 1. The lowest BCUT2D eigenvalue weighted by molar-refractivity contribution is -0.129. The molecule has 6 nitrogen and oxygen atoms in total. The number of rotatable bonds is 4. The molecule has 8 heteroatoms. The Balaban J connectivity index is 0.00000169. The summed E-state index contributed by atoms with van der Waals surface area (Å²) >= 11 is 0. The Bertz CT molecular complexity index is 716. The van der Waals surface area contributed by atoms with Crippen LogP contribution in [0, 0.1) is 0 Å². The van der Waals surface area contributed by atoms with Crippen LogP contribution in [0.25, 0.3) is 0 Å². The molecule has 0 radical (unpaired) electrons. The van der Waals surface area contributed by atoms with E-state index < -0.39 is 0 Å². The summed E-state index contributed by atoms with van der Waals surface area (Å²) in [6.45, 7) is 1.02. The van der Waals surface area contributed by atoms with Crippen molar-refractivity contribution in [3.8, 4) is 0 Å². The molecule has 1 saturated heterocycles. The number of nitrogens with two attached hydrogens (primary N) is 1. The van der Waals surface area contributed by atoms with Gasteiger partial charge in [0.1, 0.15) is 5.69 Å². The smallest absolute Gasteiger partial charge is 0.270 e. The molecule has 0 saturated carbocycles. The number of carbonyl (C=O) groups excluding carboxylic acids is 2. The van der Waals surface area contributed by atoms with Gasteiger partial charge in [0, 0.05) is 31.2 Å². The zero-order valence-electron chi connectivity index (χ0n) is 14.1. The fourth-order valence-electron chi connectivity index (χ4n) is 2.94. The van der Waals surface area contributed by atoms with Crippen molar-refractivity contribution in [2.75, 3.05) is 19.6 Å². The van der Waals surface area contributed by atoms with E-state index in [1.54, 1.807) is 29.3 Å². The molecule has 2 atom stereocenters. The quantitative estimate of drug-likeness (QED) is 0.821. The summed E-state index contributed by atoms with van der Waals surface area (Å²) < 4.78 is 0. The number of halogens is 2. The lowest BCUT2D eigenvalue weighted by Gasteiger charge is -2.16. The van der Waals surface area contributed by atoms with Crippen LogP contribution in [0.5, 0.6) is 0 Å². The standard InChI is InChI=1S/C18H20N4O2.2ClH/c19-15-12-22(11-14(15)13-6-2-1-3-7-13)17(23)10-21-18(24)16-8-4-5-9-20-16;;/h1-9,14-15H,10-12,19H2,(H,21,24);2*1H/t14-,15+;;/m0../s1. The third-order valence-electron chi connectivity index (χ3n) is 4.24. The number of benzene rings is 1. The molecule has 0 bridgehead atoms. The fourth-order valence-corrected chi connectivity index (χ4v) is 2.94. The summed E-state index contributed by atoms with van der Waals surface area (Å²) in [5.74, 6) is -0.359. The third-order valence-corrected chi connectivity index (χ3v) is 4.24. The van der Waals surface area contributed by atoms with E-state index in [1.165, 1.54) is 0 Å². The van der Waals surface area contributed by atoms with E-state index in [9.17, 15) is 9.59 Å². The summed E-state index contributed by atoms with van der Waals surface area (Å²) in [5, 5.41) is 2.61. The molecule has 140 valence electrons. The minimum atomic E-state index is -0.355. The average Bonchev–Trinajstić information content (AvgIpc) is 3.02. The van der Waals surface area contributed by atoms with E-state index >= 15 is 0 Å². The van der Waals surface area contributed by atoms with Gasteiger partial charge in [-0.05, 0) is 17.7 Å². The molecular weight excluding hydrogens is 375 g/mol. The monoisotopic (exact) mass is 396 g/mol. The van der Waals surface area contributed by atoms with E-state index in [2.05, 4.69) is 10.3 Å². The van der Waals surface area contributed by atoms with Crippen LogP contribution in [0.4, 0.5) is 0 Å². The molecule has 1 aromatic carbocycles. The maximum atomic E-state index is 12.3. The summed E-state index contributed by atoms with van der Waals surface area (Å²) in [5.41, 5.74) is 7.63. The van der Waals surface area contributed by atoms with E-state index in [1.807, 2.05) is 30.3 Å². The lowest BCUT2D eigenvalue weighted by Crippen LogP contribution is -2.40. The highest BCUT2D eigenvalue weighted by atomic mass is 35.5. The van der Waals surface area contributed by atoms with Crippen molar-refractivity contribution < 1.29 is 9.59 Å². The van der Waals surface area contributed by atoms with Gasteiger partial charge in [0.2, 0.25) is 5.91 Å². The Morgan fingerprint density at radius 2 is 1.77 bits per heavy atom. The van der Waals surface area contributed by atoms with Gasteiger partial charge in [0.05, 0.1) is 6.54 Å². The molecule has 1 fully saturated rings. The maximum absolute atomic E-state index is 12.3. The highest BCUT2D eigenvalue weighted by Crippen LogP contribution is 2.26. The second-order valence-corrected chi connectivity index (χ2v) is 5.88. The van der Waals surface area contributed by atoms with E-state index in [0.717, 1.165) is 5.56 Å². The summed E-state index contributed by atoms with van der Waals surface area (Å²) in [4.78, 5) is 30.0. The highest BCUT2D eigenvalue weighted by molar-refractivity contribution is 5.94. The van der Waals surface area contributed by atoms with Crippen LogP contribution in [0.3, 0.4) is 0 Å². The molecule has 2 heterocycles. The highest BCUT2D eigenvalue weighted by Gasteiger charge is 2.33. The number of hydrogen-bond donors (Lipinski definition) is 2. The summed E-state index contributed by atoms with van der Waals surface area (Å²) in [6.07, 6.45) is 1.54. The molecule has 1 aromatic heterocycles. The minimum Gasteiger partial charge on any atom is -0.342 e. The van der Waals surface area contributed by atoms with Crippen LogP contribution >= 0.6 is 24.8 Å². The molecule has 3 rings (SSSR count). The van der Waals surface area contributed by atoms with Crippen LogP contribution in [0.2, 0.25) is 0 Å². The van der Waals surface area contributed by atoms with Crippen molar-refractivity contribution in [2.24, 2.45) is 5.73 Å². The molecular formula is C18H22Cl2N4O2. The van der Waals surface area contributed by atoms with Gasteiger partial charge in [-0.1, -0.05) is 36.4 Å². The van der Waals surface area contributed by atoms with Gasteiger partial charge >= 0.3 is 0 Å². The van der Waals surface area contributed by atoms with Crippen LogP contribution in [0.15, 0.2) is 54.7 Å². The number of carbonyl (C=O) groups is 2. The lowest BCUT2D eigenvalue weighted by atomic mass is 9.95. The largest absolute Gasteiger partial charge is 0.342 e. The van der Waals surface area contributed by atoms with Crippen LogP contribution < -0.4 is 11.1 Å². The first kappa shape index (κ1) is 21.9. The molecule has 1 aliphatic rings. The van der Waals surface area contributed by atoms with Crippen molar-refractivity contribution in [1.29, 1.82) is 0 Å². The van der Waals surface area contributed by atoms with Crippen LogP contribution in [-0.4, -0.2) is 47.4 Å². The topological polar surface area (TPSA) is 88.3 Å². The number of hydrogen-bond acceptors (Lipinski definition) is 4. The van der Waals surface area contributed by atoms with Crippen LogP contribution in [0.1, 0.15) is 22.0 Å². The molecule has 0 unspecified atom stereocenters.